The summed E-state index contributed by atoms with van der Waals surface area (Å²) in [5, 5.41) is 8.52. The fourth-order valence-electron chi connectivity index (χ4n) is 4.98. The van der Waals surface area contributed by atoms with Gasteiger partial charge in [-0.15, -0.1) is 10.2 Å². The Morgan fingerprint density at radius 2 is 1.74 bits per heavy atom. The Morgan fingerprint density at radius 3 is 2.37 bits per heavy atom. The van der Waals surface area contributed by atoms with E-state index in [1.54, 1.807) is 10.5 Å². The van der Waals surface area contributed by atoms with Gasteiger partial charge in [-0.1, -0.05) is 41.5 Å². The fraction of sp³-hybridized carbons (Fsp3) is 0.700. The van der Waals surface area contributed by atoms with Crippen LogP contribution in [-0.4, -0.2) is 42.1 Å². The SMILES string of the molecule is CC(C)[Si](O[C@H]1CCCN(c2nnc3ccc(F)cn23)C1)(C(C)C)C(C)C. The van der Waals surface area contributed by atoms with Gasteiger partial charge in [-0.05, 0) is 41.6 Å². The van der Waals surface area contributed by atoms with Crippen LogP contribution in [0.2, 0.25) is 16.6 Å². The number of hydrogen-bond acceptors (Lipinski definition) is 4. The molecule has 1 aliphatic rings. The molecule has 3 heterocycles. The van der Waals surface area contributed by atoms with Gasteiger partial charge in [0.25, 0.3) is 0 Å². The topological polar surface area (TPSA) is 42.7 Å². The highest BCUT2D eigenvalue weighted by Gasteiger charge is 2.47. The molecule has 0 aromatic carbocycles. The number of hydrogen-bond donors (Lipinski definition) is 0. The normalized spacial score (nSPS) is 19.0. The van der Waals surface area contributed by atoms with E-state index in [1.165, 1.54) is 12.3 Å². The summed E-state index contributed by atoms with van der Waals surface area (Å²) in [7, 11) is -1.92. The zero-order chi connectivity index (χ0) is 19.8. The Kier molecular flexibility index (Phi) is 5.91. The minimum Gasteiger partial charge on any atom is -0.411 e. The van der Waals surface area contributed by atoms with Gasteiger partial charge in [0.15, 0.2) is 5.65 Å². The molecule has 0 aliphatic carbocycles. The molecule has 1 aliphatic heterocycles. The van der Waals surface area contributed by atoms with E-state index in [9.17, 15) is 4.39 Å². The van der Waals surface area contributed by atoms with Gasteiger partial charge in [-0.25, -0.2) is 4.39 Å². The van der Waals surface area contributed by atoms with Crippen LogP contribution in [0.25, 0.3) is 5.65 Å². The molecule has 7 heteroatoms. The van der Waals surface area contributed by atoms with Crippen molar-refractivity contribution in [2.45, 2.75) is 77.1 Å². The van der Waals surface area contributed by atoms with Crippen molar-refractivity contribution in [1.29, 1.82) is 0 Å². The molecule has 5 nitrogen and oxygen atoms in total. The molecule has 0 N–H and O–H groups in total. The molecule has 3 rings (SSSR count). The first-order chi connectivity index (χ1) is 12.8. The molecule has 1 saturated heterocycles. The van der Waals surface area contributed by atoms with E-state index in [4.69, 9.17) is 4.43 Å². The van der Waals surface area contributed by atoms with Gasteiger partial charge in [0, 0.05) is 19.3 Å². The maximum Gasteiger partial charge on any atom is 0.231 e. The van der Waals surface area contributed by atoms with Crippen LogP contribution in [0.3, 0.4) is 0 Å². The quantitative estimate of drug-likeness (QED) is 0.647. The molecule has 0 bridgehead atoms. The molecular weight excluding hydrogens is 359 g/mol. The number of fused-ring (bicyclic) bond motifs is 1. The summed E-state index contributed by atoms with van der Waals surface area (Å²) in [5.41, 5.74) is 2.37. The Morgan fingerprint density at radius 1 is 1.07 bits per heavy atom. The number of pyridine rings is 1. The predicted molar refractivity (Wildman–Crippen MR) is 110 cm³/mol. The van der Waals surface area contributed by atoms with Gasteiger partial charge in [0.05, 0.1) is 6.10 Å². The Labute approximate surface area is 163 Å². The summed E-state index contributed by atoms with van der Waals surface area (Å²) in [4.78, 5) is 2.20. The second-order valence-corrected chi connectivity index (χ2v) is 14.1. The average molecular weight is 393 g/mol. The van der Waals surface area contributed by atoms with Crippen LogP contribution in [0.4, 0.5) is 10.3 Å². The zero-order valence-electron chi connectivity index (χ0n) is 17.4. The zero-order valence-corrected chi connectivity index (χ0v) is 18.4. The van der Waals surface area contributed by atoms with E-state index in [0.717, 1.165) is 25.9 Å². The predicted octanol–water partition coefficient (Wildman–Crippen LogP) is 5.03. The summed E-state index contributed by atoms with van der Waals surface area (Å²) in [5.74, 6) is 0.433. The smallest absolute Gasteiger partial charge is 0.231 e. The molecule has 0 amide bonds. The maximum absolute atomic E-state index is 13.7. The number of nitrogens with zero attached hydrogens (tertiary/aromatic N) is 4. The molecule has 0 spiro atoms. The summed E-state index contributed by atoms with van der Waals surface area (Å²) in [6.45, 7) is 15.6. The molecule has 150 valence electrons. The Balaban J connectivity index is 1.84. The molecule has 0 radical (unpaired) electrons. The largest absolute Gasteiger partial charge is 0.411 e. The monoisotopic (exact) mass is 392 g/mol. The highest BCUT2D eigenvalue weighted by Crippen LogP contribution is 2.43. The van der Waals surface area contributed by atoms with Gasteiger partial charge < -0.3 is 9.33 Å². The van der Waals surface area contributed by atoms with Gasteiger partial charge in [-0.2, -0.15) is 0 Å². The van der Waals surface area contributed by atoms with Gasteiger partial charge >= 0.3 is 0 Å². The van der Waals surface area contributed by atoms with Crippen molar-refractivity contribution >= 4 is 19.9 Å². The standard InChI is InChI=1S/C20H33FN4OSi/c1-14(2)27(15(3)4,16(5)6)26-18-8-7-11-24(13-18)20-23-22-19-10-9-17(21)12-25(19)20/h9-10,12,14-16,18H,7-8,11,13H2,1-6H3/t18-/m0/s1. The number of halogens is 1. The first kappa shape index (κ1) is 20.3. The second-order valence-electron chi connectivity index (χ2n) is 8.72. The van der Waals surface area contributed by atoms with E-state index in [0.29, 0.717) is 28.2 Å². The lowest BCUT2D eigenvalue weighted by Crippen LogP contribution is -2.53. The summed E-state index contributed by atoms with van der Waals surface area (Å²) in [6.07, 6.45) is 3.78. The number of rotatable bonds is 6. The maximum atomic E-state index is 13.7. The van der Waals surface area contributed by atoms with Crippen molar-refractivity contribution in [2.24, 2.45) is 0 Å². The number of piperidine rings is 1. The second kappa shape index (κ2) is 7.87. The van der Waals surface area contributed by atoms with E-state index < -0.39 is 8.32 Å². The minimum absolute atomic E-state index is 0.193. The van der Waals surface area contributed by atoms with Crippen molar-refractivity contribution in [2.75, 3.05) is 18.0 Å². The molecule has 1 atom stereocenters. The van der Waals surface area contributed by atoms with Gasteiger partial charge in [0.1, 0.15) is 5.82 Å². The van der Waals surface area contributed by atoms with Crippen LogP contribution in [0, 0.1) is 5.82 Å². The minimum atomic E-state index is -1.92. The third-order valence-electron chi connectivity index (χ3n) is 6.09. The average Bonchev–Trinajstić information content (AvgIpc) is 3.02. The van der Waals surface area contributed by atoms with Crippen molar-refractivity contribution in [3.05, 3.63) is 24.1 Å². The molecule has 27 heavy (non-hydrogen) atoms. The van der Waals surface area contributed by atoms with E-state index >= 15 is 0 Å². The molecule has 2 aromatic rings. The van der Waals surface area contributed by atoms with Crippen molar-refractivity contribution in [3.63, 3.8) is 0 Å². The van der Waals surface area contributed by atoms with Crippen molar-refractivity contribution < 1.29 is 8.82 Å². The fourth-order valence-corrected chi connectivity index (χ4v) is 10.6. The molecular formula is C20H33FN4OSi. The van der Waals surface area contributed by atoms with Crippen LogP contribution < -0.4 is 4.90 Å². The van der Waals surface area contributed by atoms with Gasteiger partial charge in [-0.3, -0.25) is 4.40 Å². The van der Waals surface area contributed by atoms with Crippen molar-refractivity contribution in [3.8, 4) is 0 Å². The van der Waals surface area contributed by atoms with Crippen LogP contribution in [0.15, 0.2) is 18.3 Å². The highest BCUT2D eigenvalue weighted by molar-refractivity contribution is 6.77. The molecule has 0 unspecified atom stereocenters. The van der Waals surface area contributed by atoms with Crippen LogP contribution in [-0.2, 0) is 4.43 Å². The number of anilines is 1. The van der Waals surface area contributed by atoms with Crippen molar-refractivity contribution in [1.82, 2.24) is 14.6 Å². The van der Waals surface area contributed by atoms with E-state index in [1.807, 2.05) is 0 Å². The lowest BCUT2D eigenvalue weighted by Gasteiger charge is -2.46. The van der Waals surface area contributed by atoms with E-state index in [-0.39, 0.29) is 11.9 Å². The lowest BCUT2D eigenvalue weighted by molar-refractivity contribution is 0.153. The summed E-state index contributed by atoms with van der Waals surface area (Å²) < 4.78 is 22.5. The molecule has 0 saturated carbocycles. The summed E-state index contributed by atoms with van der Waals surface area (Å²) >= 11 is 0. The van der Waals surface area contributed by atoms with Crippen LogP contribution in [0.1, 0.15) is 54.4 Å². The number of aromatic nitrogens is 3. The lowest BCUT2D eigenvalue weighted by atomic mass is 10.1. The third kappa shape index (κ3) is 3.76. The van der Waals surface area contributed by atoms with Crippen LogP contribution >= 0.6 is 0 Å². The Hall–Kier alpha value is -1.47. The first-order valence-corrected chi connectivity index (χ1v) is 12.3. The van der Waals surface area contributed by atoms with Crippen LogP contribution in [0.5, 0.6) is 0 Å². The Bertz CT molecular complexity index is 755. The van der Waals surface area contributed by atoms with E-state index in [2.05, 4.69) is 56.6 Å². The summed E-state index contributed by atoms with van der Waals surface area (Å²) in [6, 6.07) is 3.09. The molecule has 1 fully saturated rings. The molecule has 2 aromatic heterocycles. The first-order valence-electron chi connectivity index (χ1n) is 10.2. The van der Waals surface area contributed by atoms with Gasteiger partial charge in [0.2, 0.25) is 14.3 Å². The highest BCUT2D eigenvalue weighted by atomic mass is 28.4. The third-order valence-corrected chi connectivity index (χ3v) is 12.2.